The molecule has 1 N–H and O–H groups in total. The maximum atomic E-state index is 13.6. The molecule has 0 unspecified atom stereocenters. The van der Waals surface area contributed by atoms with Gasteiger partial charge in [-0.3, -0.25) is 13.9 Å². The average Bonchev–Trinajstić information content (AvgIpc) is 2.79. The van der Waals surface area contributed by atoms with Crippen molar-refractivity contribution in [2.24, 2.45) is 0 Å². The second-order valence-corrected chi connectivity index (χ2v) is 11.7. The van der Waals surface area contributed by atoms with Crippen LogP contribution in [0.15, 0.2) is 42.5 Å². The monoisotopic (exact) mass is 539 g/mol. The third-order valence-electron chi connectivity index (χ3n) is 5.30. The zero-order valence-electron chi connectivity index (χ0n) is 21.7. The second kappa shape index (κ2) is 11.8. The van der Waals surface area contributed by atoms with Gasteiger partial charge < -0.3 is 19.7 Å². The molecule has 2 amide bonds. The van der Waals surface area contributed by atoms with Crippen LogP contribution in [0.25, 0.3) is 0 Å². The van der Waals surface area contributed by atoms with E-state index in [0.29, 0.717) is 22.1 Å². The third-order valence-corrected chi connectivity index (χ3v) is 6.81. The van der Waals surface area contributed by atoms with E-state index in [4.69, 9.17) is 21.1 Å². The molecule has 2 aromatic rings. The van der Waals surface area contributed by atoms with Crippen molar-refractivity contribution < 1.29 is 27.5 Å². The molecule has 0 bridgehead atoms. The van der Waals surface area contributed by atoms with Gasteiger partial charge in [0.15, 0.2) is 11.5 Å². The number of benzene rings is 2. The van der Waals surface area contributed by atoms with Gasteiger partial charge in [-0.2, -0.15) is 0 Å². The van der Waals surface area contributed by atoms with Gasteiger partial charge in [0.1, 0.15) is 12.6 Å². The van der Waals surface area contributed by atoms with Crippen LogP contribution in [0.4, 0.5) is 5.69 Å². The Kier molecular flexibility index (Phi) is 9.62. The Morgan fingerprint density at radius 1 is 1.06 bits per heavy atom. The van der Waals surface area contributed by atoms with E-state index < -0.39 is 34.1 Å². The summed E-state index contributed by atoms with van der Waals surface area (Å²) in [5, 5.41) is 3.30. The Labute approximate surface area is 218 Å². The van der Waals surface area contributed by atoms with Gasteiger partial charge in [0, 0.05) is 23.2 Å². The Morgan fingerprint density at radius 2 is 1.67 bits per heavy atom. The number of carbonyl (C=O) groups is 2. The first-order valence-electron chi connectivity index (χ1n) is 11.2. The zero-order chi connectivity index (χ0) is 27.3. The van der Waals surface area contributed by atoms with Crippen LogP contribution in [0, 0.1) is 0 Å². The molecule has 0 aliphatic rings. The summed E-state index contributed by atoms with van der Waals surface area (Å²) in [6.07, 6.45) is 1.01. The molecule has 0 aromatic heterocycles. The lowest BCUT2D eigenvalue weighted by Crippen LogP contribution is -2.54. The van der Waals surface area contributed by atoms with Crippen molar-refractivity contribution in [3.8, 4) is 11.5 Å². The van der Waals surface area contributed by atoms with Crippen LogP contribution in [-0.2, 0) is 26.2 Å². The first kappa shape index (κ1) is 29.3. The van der Waals surface area contributed by atoms with Crippen LogP contribution >= 0.6 is 11.6 Å². The van der Waals surface area contributed by atoms with Gasteiger partial charge >= 0.3 is 0 Å². The number of halogens is 1. The Morgan fingerprint density at radius 3 is 2.19 bits per heavy atom. The molecule has 0 saturated heterocycles. The van der Waals surface area contributed by atoms with E-state index in [-0.39, 0.29) is 18.1 Å². The SMILES string of the molecule is COc1ccc(N(CC(=O)N(Cc2ccccc2Cl)[C@@H](C)C(=O)NC(C)(C)C)S(C)(=O)=O)cc1OC. The molecular formula is C25H34ClN3O6S. The number of hydrogen-bond acceptors (Lipinski definition) is 6. The van der Waals surface area contributed by atoms with Gasteiger partial charge in [-0.25, -0.2) is 8.42 Å². The Hall–Kier alpha value is -2.98. The number of hydrogen-bond donors (Lipinski definition) is 1. The predicted molar refractivity (Wildman–Crippen MR) is 141 cm³/mol. The van der Waals surface area contributed by atoms with E-state index in [0.717, 1.165) is 10.6 Å². The summed E-state index contributed by atoms with van der Waals surface area (Å²) in [5.74, 6) is -0.234. The molecule has 2 aromatic carbocycles. The molecule has 1 atom stereocenters. The highest BCUT2D eigenvalue weighted by Gasteiger charge is 2.32. The Balaban J connectivity index is 2.47. The van der Waals surface area contributed by atoms with Gasteiger partial charge in [-0.1, -0.05) is 29.8 Å². The van der Waals surface area contributed by atoms with Gasteiger partial charge in [-0.15, -0.1) is 0 Å². The molecule has 9 nitrogen and oxygen atoms in total. The molecule has 0 fully saturated rings. The summed E-state index contributed by atoms with van der Waals surface area (Å²) >= 11 is 6.33. The van der Waals surface area contributed by atoms with E-state index in [2.05, 4.69) is 5.32 Å². The van der Waals surface area contributed by atoms with Crippen molar-refractivity contribution in [2.75, 3.05) is 31.3 Å². The highest BCUT2D eigenvalue weighted by Crippen LogP contribution is 2.32. The molecular weight excluding hydrogens is 506 g/mol. The number of rotatable bonds is 10. The van der Waals surface area contributed by atoms with Gasteiger partial charge in [0.2, 0.25) is 21.8 Å². The minimum absolute atomic E-state index is 0.0147. The maximum Gasteiger partial charge on any atom is 0.244 e. The third kappa shape index (κ3) is 7.76. The van der Waals surface area contributed by atoms with Crippen molar-refractivity contribution in [1.29, 1.82) is 0 Å². The number of carbonyl (C=O) groups excluding carboxylic acids is 2. The van der Waals surface area contributed by atoms with Crippen LogP contribution in [0.2, 0.25) is 5.02 Å². The van der Waals surface area contributed by atoms with E-state index >= 15 is 0 Å². The lowest BCUT2D eigenvalue weighted by Gasteiger charge is -2.33. The molecule has 36 heavy (non-hydrogen) atoms. The minimum Gasteiger partial charge on any atom is -0.493 e. The normalized spacial score (nSPS) is 12.4. The Bertz CT molecular complexity index is 1200. The van der Waals surface area contributed by atoms with E-state index in [1.54, 1.807) is 37.3 Å². The largest absolute Gasteiger partial charge is 0.493 e. The molecule has 0 aliphatic heterocycles. The maximum absolute atomic E-state index is 13.6. The highest BCUT2D eigenvalue weighted by atomic mass is 35.5. The number of sulfonamides is 1. The lowest BCUT2D eigenvalue weighted by molar-refractivity contribution is -0.140. The first-order chi connectivity index (χ1) is 16.7. The van der Waals surface area contributed by atoms with Crippen LogP contribution < -0.4 is 19.1 Å². The fourth-order valence-corrected chi connectivity index (χ4v) is 4.50. The highest BCUT2D eigenvalue weighted by molar-refractivity contribution is 7.92. The van der Waals surface area contributed by atoms with Crippen LogP contribution in [0.3, 0.4) is 0 Å². The van der Waals surface area contributed by atoms with Gasteiger partial charge in [-0.05, 0) is 51.5 Å². The number of ether oxygens (including phenoxy) is 2. The van der Waals surface area contributed by atoms with Crippen LogP contribution in [-0.4, -0.2) is 63.7 Å². The topological polar surface area (TPSA) is 105 Å². The van der Waals surface area contributed by atoms with Crippen molar-refractivity contribution in [1.82, 2.24) is 10.2 Å². The summed E-state index contributed by atoms with van der Waals surface area (Å²) < 4.78 is 36.9. The molecule has 2 rings (SSSR count). The van der Waals surface area contributed by atoms with E-state index in [1.165, 1.54) is 31.3 Å². The summed E-state index contributed by atoms with van der Waals surface area (Å²) in [6.45, 7) is 6.57. The number of nitrogens with zero attached hydrogens (tertiary/aromatic N) is 2. The molecule has 0 radical (unpaired) electrons. The summed E-state index contributed by atoms with van der Waals surface area (Å²) in [5.41, 5.74) is 0.316. The molecule has 0 spiro atoms. The van der Waals surface area contributed by atoms with Crippen LogP contribution in [0.5, 0.6) is 11.5 Å². The zero-order valence-corrected chi connectivity index (χ0v) is 23.2. The molecule has 198 valence electrons. The van der Waals surface area contributed by atoms with Crippen LogP contribution in [0.1, 0.15) is 33.3 Å². The molecule has 0 saturated carbocycles. The molecule has 0 aliphatic carbocycles. The van der Waals surface area contributed by atoms with E-state index in [9.17, 15) is 18.0 Å². The van der Waals surface area contributed by atoms with Crippen molar-refractivity contribution in [3.63, 3.8) is 0 Å². The smallest absolute Gasteiger partial charge is 0.244 e. The minimum atomic E-state index is -3.88. The fraction of sp³-hybridized carbons (Fsp3) is 0.440. The standard InChI is InChI=1S/C25H34ClN3O6S/c1-17(24(31)27-25(2,3)4)28(15-18-10-8-9-11-20(18)26)23(30)16-29(36(7,32)33)19-12-13-21(34-5)22(14-19)35-6/h8-14,17H,15-16H2,1-7H3,(H,27,31)/t17-/m0/s1. The summed E-state index contributed by atoms with van der Waals surface area (Å²) in [4.78, 5) is 27.9. The first-order valence-corrected chi connectivity index (χ1v) is 13.4. The number of nitrogens with one attached hydrogen (secondary N) is 1. The predicted octanol–water partition coefficient (Wildman–Crippen LogP) is 3.46. The number of amides is 2. The number of methoxy groups -OCH3 is 2. The lowest BCUT2D eigenvalue weighted by atomic mass is 10.1. The quantitative estimate of drug-likeness (QED) is 0.496. The number of anilines is 1. The van der Waals surface area contributed by atoms with Crippen molar-refractivity contribution in [2.45, 2.75) is 45.8 Å². The van der Waals surface area contributed by atoms with E-state index in [1.807, 2.05) is 20.8 Å². The summed E-state index contributed by atoms with van der Waals surface area (Å²) in [6, 6.07) is 10.6. The van der Waals surface area contributed by atoms with Crippen molar-refractivity contribution >= 4 is 39.1 Å². The molecule has 0 heterocycles. The average molecular weight is 540 g/mol. The van der Waals surface area contributed by atoms with Crippen molar-refractivity contribution in [3.05, 3.63) is 53.1 Å². The second-order valence-electron chi connectivity index (χ2n) is 9.34. The summed E-state index contributed by atoms with van der Waals surface area (Å²) in [7, 11) is -0.991. The fourth-order valence-electron chi connectivity index (χ4n) is 3.46. The van der Waals surface area contributed by atoms with Gasteiger partial charge in [0.25, 0.3) is 0 Å². The molecule has 11 heteroatoms. The van der Waals surface area contributed by atoms with Gasteiger partial charge in [0.05, 0.1) is 26.2 Å².